The zero-order valence-corrected chi connectivity index (χ0v) is 12.0. The van der Waals surface area contributed by atoms with Crippen molar-refractivity contribution in [3.63, 3.8) is 0 Å². The first-order valence-corrected chi connectivity index (χ1v) is 6.48. The van der Waals surface area contributed by atoms with Crippen LogP contribution >= 0.6 is 0 Å². The maximum absolute atomic E-state index is 11.7. The van der Waals surface area contributed by atoms with E-state index in [0.29, 0.717) is 6.42 Å². The topological polar surface area (TPSA) is 70.4 Å². The van der Waals surface area contributed by atoms with Crippen molar-refractivity contribution in [2.75, 3.05) is 0 Å². The fraction of sp³-hybridized carbons (Fsp3) is 0.500. The van der Waals surface area contributed by atoms with Crippen LogP contribution in [0.4, 0.5) is 0 Å². The molecule has 0 aromatic carbocycles. The van der Waals surface area contributed by atoms with Crippen LogP contribution in [0, 0.1) is 13.8 Å². The van der Waals surface area contributed by atoms with Gasteiger partial charge in [0, 0.05) is 30.8 Å². The molecule has 6 heteroatoms. The maximum Gasteiger partial charge on any atom is 0.347 e. The second kappa shape index (κ2) is 5.48. The van der Waals surface area contributed by atoms with Crippen molar-refractivity contribution in [3.8, 4) is 0 Å². The number of rotatable bonds is 3. The van der Waals surface area contributed by atoms with Crippen LogP contribution in [0.5, 0.6) is 0 Å². The van der Waals surface area contributed by atoms with E-state index >= 15 is 0 Å². The van der Waals surface area contributed by atoms with Crippen molar-refractivity contribution < 1.29 is 19.1 Å². The first-order chi connectivity index (χ1) is 9.38. The van der Waals surface area contributed by atoms with Gasteiger partial charge < -0.3 is 9.47 Å². The molecule has 2 heterocycles. The number of hydrogen-bond acceptors (Lipinski definition) is 5. The molecule has 0 bridgehead atoms. The van der Waals surface area contributed by atoms with Crippen molar-refractivity contribution in [3.05, 3.63) is 23.0 Å². The molecule has 1 fully saturated rings. The van der Waals surface area contributed by atoms with Gasteiger partial charge in [-0.1, -0.05) is 0 Å². The number of nitrogens with zero attached hydrogens (tertiary/aromatic N) is 2. The Morgan fingerprint density at radius 2 is 2.20 bits per heavy atom. The predicted molar refractivity (Wildman–Crippen MR) is 71.8 cm³/mol. The summed E-state index contributed by atoms with van der Waals surface area (Å²) in [7, 11) is 1.84. The van der Waals surface area contributed by atoms with Gasteiger partial charge in [0.1, 0.15) is 6.10 Å². The molecule has 0 saturated carbocycles. The Morgan fingerprint density at radius 1 is 1.50 bits per heavy atom. The number of cyclic esters (lactones) is 1. The Bertz CT molecular complexity index is 574. The normalized spacial score (nSPS) is 22.3. The average Bonchev–Trinajstić information content (AvgIpc) is 2.78. The van der Waals surface area contributed by atoms with Crippen LogP contribution < -0.4 is 0 Å². The lowest BCUT2D eigenvalue weighted by Gasteiger charge is -2.05. The van der Waals surface area contributed by atoms with Gasteiger partial charge in [0.2, 0.25) is 6.10 Å². The van der Waals surface area contributed by atoms with Crippen LogP contribution in [-0.2, 0) is 26.1 Å². The van der Waals surface area contributed by atoms with Crippen LogP contribution in [0.3, 0.4) is 0 Å². The molecule has 1 aliphatic heterocycles. The number of ether oxygens (including phenoxy) is 2. The summed E-state index contributed by atoms with van der Waals surface area (Å²) in [5.74, 6) is -1.03. The highest BCUT2D eigenvalue weighted by Crippen LogP contribution is 2.18. The summed E-state index contributed by atoms with van der Waals surface area (Å²) in [6.07, 6.45) is 2.38. The third kappa shape index (κ3) is 2.89. The second-order valence-corrected chi connectivity index (χ2v) is 4.95. The summed E-state index contributed by atoms with van der Waals surface area (Å²) < 4.78 is 11.7. The molecule has 108 valence electrons. The van der Waals surface area contributed by atoms with E-state index in [1.54, 1.807) is 17.7 Å². The van der Waals surface area contributed by atoms with Crippen LogP contribution in [0.25, 0.3) is 6.08 Å². The predicted octanol–water partition coefficient (Wildman–Crippen LogP) is 1.30. The van der Waals surface area contributed by atoms with Crippen LogP contribution in [0.1, 0.15) is 30.3 Å². The summed E-state index contributed by atoms with van der Waals surface area (Å²) in [5.41, 5.74) is 2.68. The smallest absolute Gasteiger partial charge is 0.347 e. The summed E-state index contributed by atoms with van der Waals surface area (Å²) in [4.78, 5) is 23.1. The molecular weight excluding hydrogens is 260 g/mol. The highest BCUT2D eigenvalue weighted by molar-refractivity contribution is 5.90. The number of carbonyl (C=O) groups is 2. The fourth-order valence-corrected chi connectivity index (χ4v) is 2.18. The molecule has 2 unspecified atom stereocenters. The van der Waals surface area contributed by atoms with Crippen LogP contribution in [0.15, 0.2) is 6.08 Å². The zero-order valence-electron chi connectivity index (χ0n) is 12.0. The summed E-state index contributed by atoms with van der Waals surface area (Å²) >= 11 is 0. The average molecular weight is 278 g/mol. The minimum atomic E-state index is -0.793. The Morgan fingerprint density at radius 3 is 2.70 bits per heavy atom. The first-order valence-electron chi connectivity index (χ1n) is 6.48. The Balaban J connectivity index is 2.01. The third-order valence-corrected chi connectivity index (χ3v) is 3.34. The molecule has 0 N–H and O–H groups in total. The minimum Gasteiger partial charge on any atom is -0.460 e. The molecule has 20 heavy (non-hydrogen) atoms. The lowest BCUT2D eigenvalue weighted by atomic mass is 10.2. The SMILES string of the molecule is Cc1nn(C)c(C)c1/C=C/C(=O)OC1CC(C)OC1=O. The standard InChI is InChI=1S/C14H18N2O4/c1-8-7-12(14(18)19-8)20-13(17)6-5-11-9(2)15-16(4)10(11)3/h5-6,8,12H,7H2,1-4H3/b6-5+. The molecule has 1 aromatic rings. The number of aryl methyl sites for hydroxylation is 2. The van der Waals surface area contributed by atoms with Crippen molar-refractivity contribution in [1.82, 2.24) is 9.78 Å². The van der Waals surface area contributed by atoms with Gasteiger partial charge in [-0.2, -0.15) is 5.10 Å². The van der Waals surface area contributed by atoms with E-state index in [1.807, 2.05) is 20.9 Å². The summed E-state index contributed by atoms with van der Waals surface area (Å²) in [6, 6.07) is 0. The van der Waals surface area contributed by atoms with E-state index in [0.717, 1.165) is 17.0 Å². The van der Waals surface area contributed by atoms with E-state index in [1.165, 1.54) is 6.08 Å². The minimum absolute atomic E-state index is 0.202. The number of esters is 2. The summed E-state index contributed by atoms with van der Waals surface area (Å²) in [6.45, 7) is 5.55. The van der Waals surface area contributed by atoms with Crippen molar-refractivity contribution in [1.29, 1.82) is 0 Å². The van der Waals surface area contributed by atoms with E-state index in [-0.39, 0.29) is 6.10 Å². The monoisotopic (exact) mass is 278 g/mol. The molecule has 1 aliphatic rings. The van der Waals surface area contributed by atoms with Crippen molar-refractivity contribution in [2.45, 2.75) is 39.4 Å². The van der Waals surface area contributed by atoms with Gasteiger partial charge in [-0.25, -0.2) is 9.59 Å². The van der Waals surface area contributed by atoms with Gasteiger partial charge in [-0.05, 0) is 26.8 Å². The van der Waals surface area contributed by atoms with Gasteiger partial charge >= 0.3 is 11.9 Å². The molecule has 0 aliphatic carbocycles. The van der Waals surface area contributed by atoms with Crippen LogP contribution in [0.2, 0.25) is 0 Å². The van der Waals surface area contributed by atoms with Gasteiger partial charge in [-0.3, -0.25) is 4.68 Å². The molecule has 6 nitrogen and oxygen atoms in total. The highest BCUT2D eigenvalue weighted by atomic mass is 16.6. The van der Waals surface area contributed by atoms with E-state index in [4.69, 9.17) is 9.47 Å². The molecule has 0 radical (unpaired) electrons. The zero-order chi connectivity index (χ0) is 14.9. The fourth-order valence-electron chi connectivity index (χ4n) is 2.18. The Hall–Kier alpha value is -2.11. The number of carbonyl (C=O) groups excluding carboxylic acids is 2. The molecular formula is C14H18N2O4. The Labute approximate surface area is 117 Å². The third-order valence-electron chi connectivity index (χ3n) is 3.34. The molecule has 1 aromatic heterocycles. The van der Waals surface area contributed by atoms with Gasteiger partial charge in [0.15, 0.2) is 0 Å². The molecule has 1 saturated heterocycles. The quantitative estimate of drug-likeness (QED) is 0.615. The van der Waals surface area contributed by atoms with E-state index in [9.17, 15) is 9.59 Å². The van der Waals surface area contributed by atoms with Gasteiger partial charge in [0.25, 0.3) is 0 Å². The summed E-state index contributed by atoms with van der Waals surface area (Å²) in [5, 5.41) is 4.25. The lowest BCUT2D eigenvalue weighted by Crippen LogP contribution is -2.21. The number of aromatic nitrogens is 2. The number of hydrogen-bond donors (Lipinski definition) is 0. The van der Waals surface area contributed by atoms with Gasteiger partial charge in [-0.15, -0.1) is 0 Å². The highest BCUT2D eigenvalue weighted by Gasteiger charge is 2.34. The molecule has 2 atom stereocenters. The molecule has 2 rings (SSSR count). The first kappa shape index (κ1) is 14.3. The largest absolute Gasteiger partial charge is 0.460 e. The molecule has 0 spiro atoms. The lowest BCUT2D eigenvalue weighted by molar-refractivity contribution is -0.157. The van der Waals surface area contributed by atoms with Gasteiger partial charge in [0.05, 0.1) is 5.69 Å². The van der Waals surface area contributed by atoms with E-state index in [2.05, 4.69) is 5.10 Å². The molecule has 0 amide bonds. The second-order valence-electron chi connectivity index (χ2n) is 4.95. The van der Waals surface area contributed by atoms with Crippen molar-refractivity contribution in [2.24, 2.45) is 7.05 Å². The maximum atomic E-state index is 11.7. The Kier molecular flexibility index (Phi) is 3.92. The van der Waals surface area contributed by atoms with Crippen molar-refractivity contribution >= 4 is 18.0 Å². The van der Waals surface area contributed by atoms with Crippen LogP contribution in [-0.4, -0.2) is 33.9 Å². The van der Waals surface area contributed by atoms with E-state index < -0.39 is 18.0 Å².